The van der Waals surface area contributed by atoms with Crippen molar-refractivity contribution in [3.63, 3.8) is 0 Å². The molecular weight excluding hydrogens is 332 g/mol. The normalized spacial score (nSPS) is 11.2. The smallest absolute Gasteiger partial charge is 0.322 e. The van der Waals surface area contributed by atoms with Crippen molar-refractivity contribution in [2.45, 2.75) is 13.8 Å². The van der Waals surface area contributed by atoms with Crippen LogP contribution in [0.15, 0.2) is 4.79 Å². The van der Waals surface area contributed by atoms with E-state index >= 15 is 0 Å². The maximum atomic E-state index is 12.5. The number of aryl methyl sites for hydroxylation is 3. The summed E-state index contributed by atoms with van der Waals surface area (Å²) in [6.45, 7) is 2.70. The number of imidazole rings is 1. The molecule has 0 bridgehead atoms. The van der Waals surface area contributed by atoms with Crippen LogP contribution in [0.5, 0.6) is 5.75 Å². The number of aromatic nitrogens is 5. The van der Waals surface area contributed by atoms with Crippen LogP contribution in [0.25, 0.3) is 16.8 Å². The summed E-state index contributed by atoms with van der Waals surface area (Å²) in [5, 5.41) is 21.1. The molecule has 0 unspecified atom stereocenters. The standard InChI is InChI=1S/C14H14N6O5/c1-5-9-11(17-6(2)16-5)18-12-10(23)8(13(24)15-4-7(21)22)14(25)19(3)20(9)12/h23H,4H2,1-3H3,(H,15,24)(H,21,22). The van der Waals surface area contributed by atoms with Gasteiger partial charge in [-0.05, 0) is 13.8 Å². The third-order valence-corrected chi connectivity index (χ3v) is 3.66. The number of carboxylic acid groups (broad SMARTS) is 1. The number of rotatable bonds is 3. The minimum absolute atomic E-state index is 0.0550. The molecule has 3 N–H and O–H groups in total. The lowest BCUT2D eigenvalue weighted by atomic mass is 10.2. The maximum absolute atomic E-state index is 12.5. The summed E-state index contributed by atoms with van der Waals surface area (Å²) >= 11 is 0. The van der Waals surface area contributed by atoms with E-state index < -0.39 is 35.3 Å². The Hall–Kier alpha value is -3.50. The van der Waals surface area contributed by atoms with E-state index in [1.54, 1.807) is 13.8 Å². The van der Waals surface area contributed by atoms with Gasteiger partial charge >= 0.3 is 5.97 Å². The first-order chi connectivity index (χ1) is 11.7. The van der Waals surface area contributed by atoms with Crippen molar-refractivity contribution in [1.29, 1.82) is 0 Å². The number of amides is 1. The molecule has 0 saturated heterocycles. The molecule has 3 aromatic rings. The SMILES string of the molecule is Cc1nc(C)c2c(n1)nc1c(O)c(C(=O)NCC(=O)O)c(=O)n(C)n12. The molecule has 3 heterocycles. The van der Waals surface area contributed by atoms with Crippen molar-refractivity contribution in [2.24, 2.45) is 7.05 Å². The Balaban J connectivity index is 2.35. The van der Waals surface area contributed by atoms with Gasteiger partial charge in [-0.25, -0.2) is 24.1 Å². The average Bonchev–Trinajstić information content (AvgIpc) is 2.90. The maximum Gasteiger partial charge on any atom is 0.322 e. The molecule has 0 aliphatic rings. The summed E-state index contributed by atoms with van der Waals surface area (Å²) in [5.41, 5.74) is -0.222. The van der Waals surface area contributed by atoms with Crippen LogP contribution < -0.4 is 10.9 Å². The van der Waals surface area contributed by atoms with E-state index in [9.17, 15) is 19.5 Å². The lowest BCUT2D eigenvalue weighted by molar-refractivity contribution is -0.135. The molecule has 11 nitrogen and oxygen atoms in total. The van der Waals surface area contributed by atoms with Crippen LogP contribution in [0.4, 0.5) is 0 Å². The number of hydrogen-bond donors (Lipinski definition) is 3. The van der Waals surface area contributed by atoms with E-state index in [1.165, 1.54) is 11.6 Å². The highest BCUT2D eigenvalue weighted by Gasteiger charge is 2.25. The first-order valence-corrected chi connectivity index (χ1v) is 7.18. The largest absolute Gasteiger partial charge is 0.504 e. The Bertz CT molecular complexity index is 1110. The van der Waals surface area contributed by atoms with Crippen molar-refractivity contribution < 1.29 is 19.8 Å². The molecule has 0 aliphatic carbocycles. The number of aliphatic carboxylic acids is 1. The molecule has 0 atom stereocenters. The molecule has 0 fully saturated rings. The molecular formula is C14H14N6O5. The van der Waals surface area contributed by atoms with Crippen LogP contribution in [-0.4, -0.2) is 52.8 Å². The molecule has 11 heteroatoms. The minimum Gasteiger partial charge on any atom is -0.504 e. The minimum atomic E-state index is -1.28. The fourth-order valence-corrected chi connectivity index (χ4v) is 2.63. The van der Waals surface area contributed by atoms with Gasteiger partial charge in [0.25, 0.3) is 11.5 Å². The first-order valence-electron chi connectivity index (χ1n) is 7.18. The van der Waals surface area contributed by atoms with Gasteiger partial charge in [0.2, 0.25) is 0 Å². The summed E-state index contributed by atoms with van der Waals surface area (Å²) in [7, 11) is 1.39. The van der Waals surface area contributed by atoms with E-state index in [0.29, 0.717) is 17.0 Å². The number of carboxylic acids is 1. The third kappa shape index (κ3) is 2.45. The lowest BCUT2D eigenvalue weighted by Gasteiger charge is -2.10. The van der Waals surface area contributed by atoms with Crippen LogP contribution in [0, 0.1) is 13.8 Å². The topological polar surface area (TPSA) is 152 Å². The second kappa shape index (κ2) is 5.54. The van der Waals surface area contributed by atoms with Gasteiger partial charge in [0.15, 0.2) is 22.6 Å². The number of nitrogens with one attached hydrogen (secondary N) is 1. The van der Waals surface area contributed by atoms with Gasteiger partial charge in [0.05, 0.1) is 5.69 Å². The lowest BCUT2D eigenvalue weighted by Crippen LogP contribution is -2.36. The highest BCUT2D eigenvalue weighted by molar-refractivity contribution is 6.00. The number of carbonyl (C=O) groups is 2. The number of aromatic hydroxyl groups is 1. The number of hydrogen-bond acceptors (Lipinski definition) is 7. The summed E-state index contributed by atoms with van der Waals surface area (Å²) in [4.78, 5) is 47.8. The zero-order chi connectivity index (χ0) is 18.5. The van der Waals surface area contributed by atoms with E-state index in [2.05, 4.69) is 15.0 Å². The second-order valence-electron chi connectivity index (χ2n) is 5.40. The second-order valence-corrected chi connectivity index (χ2v) is 5.40. The quantitative estimate of drug-likeness (QED) is 0.552. The molecule has 0 radical (unpaired) electrons. The van der Waals surface area contributed by atoms with Gasteiger partial charge in [-0.15, -0.1) is 0 Å². The zero-order valence-corrected chi connectivity index (χ0v) is 13.6. The van der Waals surface area contributed by atoms with E-state index in [1.807, 2.05) is 5.32 Å². The predicted molar refractivity (Wildman–Crippen MR) is 84.6 cm³/mol. The van der Waals surface area contributed by atoms with Crippen LogP contribution in [0.1, 0.15) is 21.9 Å². The van der Waals surface area contributed by atoms with Gasteiger partial charge in [-0.1, -0.05) is 0 Å². The summed E-state index contributed by atoms with van der Waals surface area (Å²) in [6.07, 6.45) is 0. The highest BCUT2D eigenvalue weighted by Crippen LogP contribution is 2.25. The third-order valence-electron chi connectivity index (χ3n) is 3.66. The Kier molecular flexibility index (Phi) is 3.63. The number of fused-ring (bicyclic) bond motifs is 3. The summed E-state index contributed by atoms with van der Waals surface area (Å²) < 4.78 is 2.40. The van der Waals surface area contributed by atoms with Crippen LogP contribution >= 0.6 is 0 Å². The Morgan fingerprint density at radius 1 is 1.20 bits per heavy atom. The molecule has 3 rings (SSSR count). The molecule has 0 saturated carbocycles. The van der Waals surface area contributed by atoms with E-state index in [-0.39, 0.29) is 11.3 Å². The average molecular weight is 346 g/mol. The van der Waals surface area contributed by atoms with Gasteiger partial charge in [-0.2, -0.15) is 0 Å². The van der Waals surface area contributed by atoms with Gasteiger partial charge in [-0.3, -0.25) is 14.4 Å². The molecule has 0 aliphatic heterocycles. The Morgan fingerprint density at radius 3 is 2.52 bits per heavy atom. The van der Waals surface area contributed by atoms with Crippen molar-refractivity contribution >= 4 is 28.7 Å². The molecule has 1 amide bonds. The molecule has 3 aromatic heterocycles. The van der Waals surface area contributed by atoms with Crippen molar-refractivity contribution in [1.82, 2.24) is 29.5 Å². The van der Waals surface area contributed by atoms with Crippen molar-refractivity contribution in [3.05, 3.63) is 27.4 Å². The predicted octanol–water partition coefficient (Wildman–Crippen LogP) is -0.887. The monoisotopic (exact) mass is 346 g/mol. The zero-order valence-electron chi connectivity index (χ0n) is 13.6. The van der Waals surface area contributed by atoms with Gasteiger partial charge in [0.1, 0.15) is 17.9 Å². The summed E-state index contributed by atoms with van der Waals surface area (Å²) in [6, 6.07) is 0. The number of nitrogens with zero attached hydrogens (tertiary/aromatic N) is 5. The molecule has 130 valence electrons. The van der Waals surface area contributed by atoms with Gasteiger partial charge < -0.3 is 15.5 Å². The number of carbonyl (C=O) groups excluding carboxylic acids is 1. The van der Waals surface area contributed by atoms with Crippen LogP contribution in [0.3, 0.4) is 0 Å². The fraction of sp³-hybridized carbons (Fsp3) is 0.286. The van der Waals surface area contributed by atoms with Crippen molar-refractivity contribution in [3.8, 4) is 5.75 Å². The van der Waals surface area contributed by atoms with E-state index in [4.69, 9.17) is 5.11 Å². The first kappa shape index (κ1) is 16.4. The van der Waals surface area contributed by atoms with E-state index in [0.717, 1.165) is 4.68 Å². The molecule has 25 heavy (non-hydrogen) atoms. The Labute approximate surface area is 139 Å². The van der Waals surface area contributed by atoms with Crippen LogP contribution in [0.2, 0.25) is 0 Å². The molecule has 0 aromatic carbocycles. The van der Waals surface area contributed by atoms with Crippen molar-refractivity contribution in [2.75, 3.05) is 6.54 Å². The fourth-order valence-electron chi connectivity index (χ4n) is 2.63. The van der Waals surface area contributed by atoms with Gasteiger partial charge in [0, 0.05) is 7.05 Å². The molecule has 0 spiro atoms. The Morgan fingerprint density at radius 2 is 1.88 bits per heavy atom. The van der Waals surface area contributed by atoms with Crippen LogP contribution in [-0.2, 0) is 11.8 Å². The summed E-state index contributed by atoms with van der Waals surface area (Å²) in [5.74, 6) is -2.47. The highest BCUT2D eigenvalue weighted by atomic mass is 16.4.